The van der Waals surface area contributed by atoms with Crippen molar-refractivity contribution in [2.45, 2.75) is 33.7 Å². The average Bonchev–Trinajstić information content (AvgIpc) is 2.57. The van der Waals surface area contributed by atoms with Crippen molar-refractivity contribution in [2.24, 2.45) is 0 Å². The molecule has 2 aromatic rings. The molecule has 0 saturated heterocycles. The largest absolute Gasteiger partial charge is 0.308 e. The molecule has 2 aromatic heterocycles. The Kier molecular flexibility index (Phi) is 2.83. The molecular formula is C12H16N4O. The number of rotatable bonds is 2. The fourth-order valence-corrected chi connectivity index (χ4v) is 1.81. The Balaban J connectivity index is 2.65. The van der Waals surface area contributed by atoms with Crippen LogP contribution in [0.3, 0.4) is 0 Å². The van der Waals surface area contributed by atoms with E-state index in [2.05, 4.69) is 10.1 Å². The van der Waals surface area contributed by atoms with Gasteiger partial charge in [-0.25, -0.2) is 9.67 Å². The number of hydrogen-bond donors (Lipinski definition) is 0. The summed E-state index contributed by atoms with van der Waals surface area (Å²) in [4.78, 5) is 16.3. The maximum Gasteiger partial charge on any atom is 0.295 e. The first-order valence-corrected chi connectivity index (χ1v) is 5.61. The highest BCUT2D eigenvalue weighted by Gasteiger charge is 2.12. The second kappa shape index (κ2) is 4.16. The molecule has 2 rings (SSSR count). The molecule has 0 saturated carbocycles. The molecule has 0 unspecified atom stereocenters. The van der Waals surface area contributed by atoms with Gasteiger partial charge in [0.15, 0.2) is 0 Å². The Morgan fingerprint density at radius 3 is 2.53 bits per heavy atom. The van der Waals surface area contributed by atoms with Crippen LogP contribution in [0.4, 0.5) is 0 Å². The molecule has 0 radical (unpaired) electrons. The summed E-state index contributed by atoms with van der Waals surface area (Å²) >= 11 is 0. The lowest BCUT2D eigenvalue weighted by molar-refractivity contribution is 0.566. The Labute approximate surface area is 99.7 Å². The van der Waals surface area contributed by atoms with Crippen LogP contribution in [0.25, 0.3) is 5.82 Å². The fourth-order valence-electron chi connectivity index (χ4n) is 1.81. The van der Waals surface area contributed by atoms with Crippen molar-refractivity contribution in [1.82, 2.24) is 19.3 Å². The van der Waals surface area contributed by atoms with Gasteiger partial charge in [-0.15, -0.1) is 0 Å². The predicted octanol–water partition coefficient (Wildman–Crippen LogP) is 1.63. The molecule has 0 fully saturated rings. The van der Waals surface area contributed by atoms with Gasteiger partial charge in [0.25, 0.3) is 5.56 Å². The lowest BCUT2D eigenvalue weighted by Gasteiger charge is -2.11. The molecule has 2 heterocycles. The molecule has 0 aliphatic heterocycles. The van der Waals surface area contributed by atoms with Crippen LogP contribution in [0.2, 0.25) is 0 Å². The molecule has 0 spiro atoms. The van der Waals surface area contributed by atoms with Crippen molar-refractivity contribution < 1.29 is 0 Å². The number of nitrogens with zero attached hydrogens (tertiary/aromatic N) is 4. The van der Waals surface area contributed by atoms with Crippen molar-refractivity contribution >= 4 is 0 Å². The molecule has 5 heteroatoms. The minimum Gasteiger partial charge on any atom is -0.308 e. The second-order valence-corrected chi connectivity index (χ2v) is 4.40. The third-order valence-electron chi connectivity index (χ3n) is 2.62. The number of aryl methyl sites for hydroxylation is 2. The Hall–Kier alpha value is -1.91. The van der Waals surface area contributed by atoms with E-state index in [1.807, 2.05) is 33.8 Å². The van der Waals surface area contributed by atoms with Gasteiger partial charge in [0, 0.05) is 24.1 Å². The number of hydrogen-bond acceptors (Lipinski definition) is 3. The first-order valence-electron chi connectivity index (χ1n) is 5.61. The minimum atomic E-state index is -0.117. The van der Waals surface area contributed by atoms with E-state index in [0.29, 0.717) is 5.82 Å². The highest BCUT2D eigenvalue weighted by molar-refractivity contribution is 5.23. The zero-order valence-electron chi connectivity index (χ0n) is 10.5. The number of aromatic nitrogens is 4. The van der Waals surface area contributed by atoms with E-state index >= 15 is 0 Å². The van der Waals surface area contributed by atoms with Gasteiger partial charge >= 0.3 is 0 Å². The van der Waals surface area contributed by atoms with Crippen LogP contribution in [0.1, 0.15) is 31.3 Å². The summed E-state index contributed by atoms with van der Waals surface area (Å²) in [6.45, 7) is 7.74. The summed E-state index contributed by atoms with van der Waals surface area (Å²) in [6, 6.07) is 2.04. The molecule has 5 nitrogen and oxygen atoms in total. The van der Waals surface area contributed by atoms with E-state index in [0.717, 1.165) is 11.4 Å². The summed E-state index contributed by atoms with van der Waals surface area (Å²) in [5.41, 5.74) is 1.67. The highest BCUT2D eigenvalue weighted by atomic mass is 16.1. The van der Waals surface area contributed by atoms with Crippen LogP contribution in [0.5, 0.6) is 0 Å². The first-order chi connectivity index (χ1) is 8.00. The van der Waals surface area contributed by atoms with E-state index in [9.17, 15) is 4.79 Å². The van der Waals surface area contributed by atoms with Gasteiger partial charge in [0.1, 0.15) is 0 Å². The molecule has 0 atom stereocenters. The average molecular weight is 232 g/mol. The van der Waals surface area contributed by atoms with Gasteiger partial charge in [0.2, 0.25) is 5.82 Å². The van der Waals surface area contributed by atoms with Gasteiger partial charge in [-0.2, -0.15) is 5.10 Å². The molecule has 0 aliphatic carbocycles. The van der Waals surface area contributed by atoms with Crippen molar-refractivity contribution in [3.05, 3.63) is 40.2 Å². The van der Waals surface area contributed by atoms with Crippen LogP contribution in [-0.4, -0.2) is 19.3 Å². The van der Waals surface area contributed by atoms with E-state index < -0.39 is 0 Å². The van der Waals surface area contributed by atoms with Crippen molar-refractivity contribution in [3.63, 3.8) is 0 Å². The van der Waals surface area contributed by atoms with Crippen LogP contribution in [0, 0.1) is 13.8 Å². The van der Waals surface area contributed by atoms with Gasteiger partial charge in [0.05, 0.1) is 5.69 Å². The Morgan fingerprint density at radius 2 is 2.00 bits per heavy atom. The third-order valence-corrected chi connectivity index (χ3v) is 2.62. The van der Waals surface area contributed by atoms with E-state index in [1.54, 1.807) is 21.6 Å². The second-order valence-electron chi connectivity index (χ2n) is 4.40. The van der Waals surface area contributed by atoms with Crippen LogP contribution < -0.4 is 5.56 Å². The van der Waals surface area contributed by atoms with E-state index in [4.69, 9.17) is 0 Å². The molecule has 0 amide bonds. The summed E-state index contributed by atoms with van der Waals surface area (Å²) in [5, 5.41) is 4.28. The van der Waals surface area contributed by atoms with E-state index in [-0.39, 0.29) is 11.6 Å². The smallest absolute Gasteiger partial charge is 0.295 e. The lowest BCUT2D eigenvalue weighted by atomic mass is 10.4. The monoisotopic (exact) mass is 232 g/mol. The maximum absolute atomic E-state index is 12.2. The highest BCUT2D eigenvalue weighted by Crippen LogP contribution is 2.07. The quantitative estimate of drug-likeness (QED) is 0.790. The van der Waals surface area contributed by atoms with Crippen molar-refractivity contribution in [1.29, 1.82) is 0 Å². The zero-order chi connectivity index (χ0) is 12.6. The zero-order valence-corrected chi connectivity index (χ0v) is 10.5. The molecule has 0 aliphatic rings. The predicted molar refractivity (Wildman–Crippen MR) is 65.5 cm³/mol. The van der Waals surface area contributed by atoms with Crippen molar-refractivity contribution in [3.8, 4) is 5.82 Å². The van der Waals surface area contributed by atoms with Gasteiger partial charge < -0.3 is 4.57 Å². The summed E-state index contributed by atoms with van der Waals surface area (Å²) in [5.74, 6) is 0.354. The standard InChI is InChI=1S/C12H16N4O/c1-8(2)15-6-5-13-11(12(15)17)16-10(4)7-9(3)14-16/h5-8H,1-4H3. The summed E-state index contributed by atoms with van der Waals surface area (Å²) in [7, 11) is 0. The first kappa shape index (κ1) is 11.6. The SMILES string of the molecule is Cc1cc(C)n(-c2nccn(C(C)C)c2=O)n1. The van der Waals surface area contributed by atoms with Gasteiger partial charge in [-0.3, -0.25) is 4.79 Å². The summed E-state index contributed by atoms with van der Waals surface area (Å²) in [6.07, 6.45) is 3.33. The fraction of sp³-hybridized carbons (Fsp3) is 0.417. The van der Waals surface area contributed by atoms with Crippen LogP contribution in [-0.2, 0) is 0 Å². The van der Waals surface area contributed by atoms with Crippen LogP contribution in [0.15, 0.2) is 23.3 Å². The van der Waals surface area contributed by atoms with Gasteiger partial charge in [-0.05, 0) is 33.8 Å². The third kappa shape index (κ3) is 2.00. The van der Waals surface area contributed by atoms with Crippen LogP contribution >= 0.6 is 0 Å². The van der Waals surface area contributed by atoms with E-state index in [1.165, 1.54) is 0 Å². The molecule has 90 valence electrons. The Bertz CT molecular complexity index is 595. The topological polar surface area (TPSA) is 52.7 Å². The minimum absolute atomic E-state index is 0.112. The maximum atomic E-state index is 12.2. The molecular weight excluding hydrogens is 216 g/mol. The molecule has 0 aromatic carbocycles. The lowest BCUT2D eigenvalue weighted by Crippen LogP contribution is -2.27. The Morgan fingerprint density at radius 1 is 1.29 bits per heavy atom. The normalized spacial score (nSPS) is 11.1. The van der Waals surface area contributed by atoms with Gasteiger partial charge in [-0.1, -0.05) is 0 Å². The van der Waals surface area contributed by atoms with Crippen molar-refractivity contribution in [2.75, 3.05) is 0 Å². The molecule has 0 N–H and O–H groups in total. The molecule has 0 bridgehead atoms. The summed E-state index contributed by atoms with van der Waals surface area (Å²) < 4.78 is 3.25. The molecule has 17 heavy (non-hydrogen) atoms.